The summed E-state index contributed by atoms with van der Waals surface area (Å²) in [6.45, 7) is 1.80. The van der Waals surface area contributed by atoms with Crippen LogP contribution in [0.3, 0.4) is 0 Å². The normalized spacial score (nSPS) is 12.7. The Hall–Kier alpha value is -1.46. The number of nitrogens with one attached hydrogen (secondary N) is 1. The van der Waals surface area contributed by atoms with Crippen molar-refractivity contribution in [3.05, 3.63) is 30.0 Å². The van der Waals surface area contributed by atoms with E-state index in [0.717, 1.165) is 15.8 Å². The van der Waals surface area contributed by atoms with E-state index >= 15 is 0 Å². The van der Waals surface area contributed by atoms with Gasteiger partial charge in [0.1, 0.15) is 0 Å². The number of aromatic nitrogens is 1. The monoisotopic (exact) mass is 221 g/mol. The molecule has 1 heterocycles. The second-order valence-electron chi connectivity index (χ2n) is 3.29. The zero-order valence-corrected chi connectivity index (χ0v) is 9.04. The average molecular weight is 221 g/mol. The van der Waals surface area contributed by atoms with Gasteiger partial charge in [-0.25, -0.2) is 5.84 Å². The summed E-state index contributed by atoms with van der Waals surface area (Å²) in [4.78, 5) is 11.4. The summed E-state index contributed by atoms with van der Waals surface area (Å²) < 4.78 is 5.38. The van der Waals surface area contributed by atoms with E-state index in [1.165, 1.54) is 11.5 Å². The number of hydrogen-bond donors (Lipinski definition) is 2. The fraction of sp³-hybridized carbons (Fsp3) is 0.200. The molecular weight excluding hydrogens is 210 g/mol. The molecule has 0 aliphatic carbocycles. The van der Waals surface area contributed by atoms with Gasteiger partial charge < -0.3 is 0 Å². The largest absolute Gasteiger partial charge is 0.294 e. The molecule has 15 heavy (non-hydrogen) atoms. The van der Waals surface area contributed by atoms with Crippen LogP contribution in [0.1, 0.15) is 18.5 Å². The van der Waals surface area contributed by atoms with Crippen molar-refractivity contribution >= 4 is 27.5 Å². The number of carbonyl (C=O) groups excluding carboxylic acids is 1. The highest BCUT2D eigenvalue weighted by Gasteiger charge is 2.19. The predicted molar refractivity (Wildman–Crippen MR) is 60.4 cm³/mol. The quantitative estimate of drug-likeness (QED) is 0.457. The van der Waals surface area contributed by atoms with Crippen LogP contribution in [0, 0.1) is 0 Å². The molecule has 2 aromatic rings. The summed E-state index contributed by atoms with van der Waals surface area (Å²) in [6.07, 6.45) is 0. The Kier molecular flexibility index (Phi) is 2.66. The molecule has 0 saturated heterocycles. The smallest absolute Gasteiger partial charge is 0.242 e. The van der Waals surface area contributed by atoms with Gasteiger partial charge in [0.15, 0.2) is 0 Å². The maximum Gasteiger partial charge on any atom is 0.242 e. The minimum absolute atomic E-state index is 0.217. The fourth-order valence-corrected chi connectivity index (χ4v) is 2.33. The average Bonchev–Trinajstić information content (AvgIpc) is 2.70. The Morgan fingerprint density at radius 3 is 3.00 bits per heavy atom. The molecule has 0 aliphatic rings. The molecule has 1 aromatic carbocycles. The topological polar surface area (TPSA) is 68.0 Å². The van der Waals surface area contributed by atoms with Crippen LogP contribution < -0.4 is 11.3 Å². The van der Waals surface area contributed by atoms with E-state index in [9.17, 15) is 4.79 Å². The molecule has 0 radical (unpaired) electrons. The Labute approximate surface area is 91.2 Å². The summed E-state index contributed by atoms with van der Waals surface area (Å²) >= 11 is 1.40. The highest BCUT2D eigenvalue weighted by molar-refractivity contribution is 7.13. The number of amides is 1. The number of nitrogens with zero attached hydrogens (tertiary/aromatic N) is 1. The lowest BCUT2D eigenvalue weighted by molar-refractivity contribution is -0.122. The number of rotatable bonds is 2. The van der Waals surface area contributed by atoms with Crippen LogP contribution in [0.25, 0.3) is 10.1 Å². The molecule has 2 rings (SSSR count). The van der Waals surface area contributed by atoms with Crippen molar-refractivity contribution < 1.29 is 4.79 Å². The standard InChI is InChI=1S/C10H11N3OS/c1-6(10(14)12-11)9-7-4-2-3-5-8(7)15-13-9/h2-6H,11H2,1H3,(H,12,14). The maximum absolute atomic E-state index is 11.4. The first-order valence-electron chi connectivity index (χ1n) is 4.59. The van der Waals surface area contributed by atoms with Crippen molar-refractivity contribution in [1.29, 1.82) is 0 Å². The number of hydrazine groups is 1. The molecule has 0 aliphatic heterocycles. The maximum atomic E-state index is 11.4. The molecule has 4 nitrogen and oxygen atoms in total. The van der Waals surface area contributed by atoms with Gasteiger partial charge >= 0.3 is 0 Å². The van der Waals surface area contributed by atoms with Crippen LogP contribution in [0.15, 0.2) is 24.3 Å². The van der Waals surface area contributed by atoms with Gasteiger partial charge in [-0.15, -0.1) is 0 Å². The van der Waals surface area contributed by atoms with Crippen LogP contribution in [0.2, 0.25) is 0 Å². The minimum Gasteiger partial charge on any atom is -0.294 e. The second kappa shape index (κ2) is 3.96. The van der Waals surface area contributed by atoms with Gasteiger partial charge in [0.2, 0.25) is 5.91 Å². The Morgan fingerprint density at radius 1 is 1.53 bits per heavy atom. The van der Waals surface area contributed by atoms with Gasteiger partial charge in [-0.2, -0.15) is 4.37 Å². The SMILES string of the molecule is CC(C(=O)NN)c1nsc2ccccc12. The van der Waals surface area contributed by atoms with Crippen LogP contribution in [-0.4, -0.2) is 10.3 Å². The molecule has 1 unspecified atom stereocenters. The lowest BCUT2D eigenvalue weighted by Gasteiger charge is -2.06. The Balaban J connectivity index is 2.48. The lowest BCUT2D eigenvalue weighted by atomic mass is 10.0. The zero-order valence-electron chi connectivity index (χ0n) is 8.23. The van der Waals surface area contributed by atoms with E-state index in [2.05, 4.69) is 9.80 Å². The number of carbonyl (C=O) groups is 1. The summed E-state index contributed by atoms with van der Waals surface area (Å²) in [5.74, 6) is 4.57. The van der Waals surface area contributed by atoms with E-state index in [4.69, 9.17) is 5.84 Å². The van der Waals surface area contributed by atoms with Gasteiger partial charge in [0, 0.05) is 5.39 Å². The molecule has 0 bridgehead atoms. The summed E-state index contributed by atoms with van der Waals surface area (Å²) in [5.41, 5.74) is 2.93. The molecule has 0 spiro atoms. The molecule has 1 aromatic heterocycles. The molecule has 1 atom stereocenters. The molecule has 78 valence electrons. The van der Waals surface area contributed by atoms with E-state index in [0.29, 0.717) is 0 Å². The lowest BCUT2D eigenvalue weighted by Crippen LogP contribution is -2.33. The number of benzene rings is 1. The van der Waals surface area contributed by atoms with Gasteiger partial charge in [-0.05, 0) is 24.5 Å². The summed E-state index contributed by atoms with van der Waals surface area (Å²) in [6, 6.07) is 7.85. The molecule has 1 amide bonds. The summed E-state index contributed by atoms with van der Waals surface area (Å²) in [7, 11) is 0. The molecule has 0 fully saturated rings. The summed E-state index contributed by atoms with van der Waals surface area (Å²) in [5, 5.41) is 1.03. The van der Waals surface area contributed by atoms with Crippen molar-refractivity contribution in [2.24, 2.45) is 5.84 Å². The highest BCUT2D eigenvalue weighted by Crippen LogP contribution is 2.27. The van der Waals surface area contributed by atoms with Crippen LogP contribution in [-0.2, 0) is 4.79 Å². The van der Waals surface area contributed by atoms with E-state index in [1.54, 1.807) is 6.92 Å². The van der Waals surface area contributed by atoms with Gasteiger partial charge in [-0.3, -0.25) is 10.2 Å². The van der Waals surface area contributed by atoms with E-state index < -0.39 is 0 Å². The Bertz CT molecular complexity index is 494. The molecule has 3 N–H and O–H groups in total. The molecular formula is C10H11N3OS. The second-order valence-corrected chi connectivity index (χ2v) is 4.10. The molecule has 0 saturated carbocycles. The third-order valence-corrected chi connectivity index (χ3v) is 3.19. The number of nitrogens with two attached hydrogens (primary N) is 1. The minimum atomic E-state index is -0.314. The third kappa shape index (κ3) is 1.71. The first-order chi connectivity index (χ1) is 7.24. The van der Waals surface area contributed by atoms with Crippen molar-refractivity contribution in [2.45, 2.75) is 12.8 Å². The van der Waals surface area contributed by atoms with Crippen LogP contribution in [0.4, 0.5) is 0 Å². The van der Waals surface area contributed by atoms with Crippen molar-refractivity contribution in [1.82, 2.24) is 9.80 Å². The first-order valence-corrected chi connectivity index (χ1v) is 5.36. The van der Waals surface area contributed by atoms with Crippen molar-refractivity contribution in [2.75, 3.05) is 0 Å². The number of hydrogen-bond acceptors (Lipinski definition) is 4. The first kappa shape index (κ1) is 10.1. The fourth-order valence-electron chi connectivity index (χ4n) is 1.47. The van der Waals surface area contributed by atoms with Gasteiger partial charge in [0.05, 0.1) is 16.3 Å². The van der Waals surface area contributed by atoms with Gasteiger partial charge in [0.25, 0.3) is 0 Å². The molecule has 5 heteroatoms. The van der Waals surface area contributed by atoms with Gasteiger partial charge in [-0.1, -0.05) is 18.2 Å². The van der Waals surface area contributed by atoms with E-state index in [-0.39, 0.29) is 11.8 Å². The van der Waals surface area contributed by atoms with Crippen LogP contribution in [0.5, 0.6) is 0 Å². The van der Waals surface area contributed by atoms with E-state index in [1.807, 2.05) is 24.3 Å². The third-order valence-electron chi connectivity index (χ3n) is 2.35. The number of fused-ring (bicyclic) bond motifs is 1. The zero-order chi connectivity index (χ0) is 10.8. The van der Waals surface area contributed by atoms with Crippen LogP contribution >= 0.6 is 11.5 Å². The Morgan fingerprint density at radius 2 is 2.27 bits per heavy atom. The van der Waals surface area contributed by atoms with Crippen molar-refractivity contribution in [3.8, 4) is 0 Å². The van der Waals surface area contributed by atoms with Crippen molar-refractivity contribution in [3.63, 3.8) is 0 Å². The highest BCUT2D eigenvalue weighted by atomic mass is 32.1. The predicted octanol–water partition coefficient (Wildman–Crippen LogP) is 1.39.